The fourth-order valence-corrected chi connectivity index (χ4v) is 4.14. The van der Waals surface area contributed by atoms with Crippen LogP contribution in [0.2, 0.25) is 10.0 Å². The highest BCUT2D eigenvalue weighted by atomic mass is 35.5. The molecule has 1 aromatic carbocycles. The summed E-state index contributed by atoms with van der Waals surface area (Å²) in [7, 11) is 0. The third kappa shape index (κ3) is 4.11. The number of rotatable bonds is 7. The Labute approximate surface area is 148 Å². The van der Waals surface area contributed by atoms with Gasteiger partial charge in [-0.25, -0.2) is 0 Å². The van der Waals surface area contributed by atoms with Gasteiger partial charge in [-0.1, -0.05) is 35.3 Å². The van der Waals surface area contributed by atoms with Gasteiger partial charge < -0.3 is 9.47 Å². The number of allylic oxidation sites excluding steroid dienone is 1. The van der Waals surface area contributed by atoms with E-state index in [9.17, 15) is 0 Å². The molecule has 23 heavy (non-hydrogen) atoms. The molecule has 2 aliphatic rings. The Morgan fingerprint density at radius 3 is 2.91 bits per heavy atom. The Hall–Kier alpha value is -0.540. The fraction of sp³-hybridized carbons (Fsp3) is 0.579. The molecule has 0 N–H and O–H groups in total. The Balaban J connectivity index is 1.70. The molecule has 4 unspecified atom stereocenters. The van der Waals surface area contributed by atoms with Gasteiger partial charge in [0.1, 0.15) is 0 Å². The van der Waals surface area contributed by atoms with Crippen molar-refractivity contribution in [3.05, 3.63) is 46.5 Å². The molecular formula is C19H24Cl2O2. The molecule has 0 amide bonds. The maximum absolute atomic E-state index is 6.23. The summed E-state index contributed by atoms with van der Waals surface area (Å²) in [6.45, 7) is 5.28. The van der Waals surface area contributed by atoms with E-state index >= 15 is 0 Å². The van der Waals surface area contributed by atoms with Crippen LogP contribution in [0.1, 0.15) is 43.6 Å². The lowest BCUT2D eigenvalue weighted by atomic mass is 9.79. The molecule has 0 saturated carbocycles. The normalized spacial score (nSPS) is 29.7. The lowest BCUT2D eigenvalue weighted by Gasteiger charge is -2.37. The summed E-state index contributed by atoms with van der Waals surface area (Å²) in [4.78, 5) is 0. The number of hydrogen-bond acceptors (Lipinski definition) is 2. The minimum absolute atomic E-state index is 0.313. The minimum Gasteiger partial charge on any atom is -0.381 e. The molecule has 126 valence electrons. The Kier molecular flexibility index (Phi) is 6.03. The molecule has 0 radical (unpaired) electrons. The quantitative estimate of drug-likeness (QED) is 0.466. The van der Waals surface area contributed by atoms with Crippen molar-refractivity contribution in [3.63, 3.8) is 0 Å². The van der Waals surface area contributed by atoms with Crippen LogP contribution in [0.4, 0.5) is 0 Å². The van der Waals surface area contributed by atoms with Gasteiger partial charge >= 0.3 is 0 Å². The van der Waals surface area contributed by atoms with Crippen LogP contribution in [0.25, 0.3) is 0 Å². The number of halogens is 2. The summed E-state index contributed by atoms with van der Waals surface area (Å²) in [5, 5.41) is 1.25. The van der Waals surface area contributed by atoms with E-state index in [1.807, 2.05) is 18.2 Å². The Bertz CT molecular complexity index is 546. The fourth-order valence-electron chi connectivity index (χ4n) is 3.84. The number of benzene rings is 1. The molecule has 0 aliphatic carbocycles. The van der Waals surface area contributed by atoms with Crippen LogP contribution in [0.5, 0.6) is 0 Å². The van der Waals surface area contributed by atoms with Gasteiger partial charge in [0.2, 0.25) is 0 Å². The first-order chi connectivity index (χ1) is 11.2. The van der Waals surface area contributed by atoms with E-state index in [-0.39, 0.29) is 0 Å². The minimum atomic E-state index is 0.313. The molecule has 2 aliphatic heterocycles. The molecule has 2 heterocycles. The van der Waals surface area contributed by atoms with Crippen molar-refractivity contribution in [1.29, 1.82) is 0 Å². The van der Waals surface area contributed by atoms with Gasteiger partial charge in [-0.05, 0) is 55.7 Å². The number of unbranched alkanes of at least 4 members (excludes halogenated alkanes) is 1. The molecule has 2 bridgehead atoms. The summed E-state index contributed by atoms with van der Waals surface area (Å²) in [5.41, 5.74) is 1.26. The third-order valence-electron chi connectivity index (χ3n) is 5.03. The first kappa shape index (κ1) is 17.3. The average Bonchev–Trinajstić information content (AvgIpc) is 2.94. The molecule has 3 rings (SSSR count). The van der Waals surface area contributed by atoms with Crippen molar-refractivity contribution in [2.24, 2.45) is 5.92 Å². The molecule has 4 atom stereocenters. The summed E-state index contributed by atoms with van der Waals surface area (Å²) in [6.07, 6.45) is 8.02. The Morgan fingerprint density at radius 2 is 2.13 bits per heavy atom. The number of hydrogen-bond donors (Lipinski definition) is 0. The van der Waals surface area contributed by atoms with Gasteiger partial charge in [0, 0.05) is 12.5 Å². The first-order valence-corrected chi connectivity index (χ1v) is 9.23. The standard InChI is InChI=1S/C19H24Cl2O2/c1-2-3-4-9-22-12-16-15(11-14-6-8-19(16)23-14)13-5-7-17(20)18(21)10-13/h2,5,7,10,14-16,19H,1,3-4,6,8-9,11-12H2. The highest BCUT2D eigenvalue weighted by Crippen LogP contribution is 2.46. The maximum Gasteiger partial charge on any atom is 0.0635 e. The monoisotopic (exact) mass is 354 g/mol. The zero-order chi connectivity index (χ0) is 16.2. The van der Waals surface area contributed by atoms with Gasteiger partial charge in [-0.3, -0.25) is 0 Å². The predicted molar refractivity (Wildman–Crippen MR) is 95.5 cm³/mol. The molecule has 2 fully saturated rings. The Morgan fingerprint density at radius 1 is 1.26 bits per heavy atom. The van der Waals surface area contributed by atoms with Crippen molar-refractivity contribution in [1.82, 2.24) is 0 Å². The highest BCUT2D eigenvalue weighted by molar-refractivity contribution is 6.42. The molecule has 1 aromatic rings. The summed E-state index contributed by atoms with van der Waals surface area (Å²) >= 11 is 12.3. The van der Waals surface area contributed by atoms with Crippen molar-refractivity contribution >= 4 is 23.2 Å². The second-order valence-corrected chi connectivity index (χ2v) is 7.37. The number of fused-ring (bicyclic) bond motifs is 2. The largest absolute Gasteiger partial charge is 0.381 e. The smallest absolute Gasteiger partial charge is 0.0635 e. The lowest BCUT2D eigenvalue weighted by molar-refractivity contribution is -0.0705. The van der Waals surface area contributed by atoms with Crippen LogP contribution in [0.15, 0.2) is 30.9 Å². The molecule has 0 aromatic heterocycles. The predicted octanol–water partition coefficient (Wildman–Crippen LogP) is 5.63. The van der Waals surface area contributed by atoms with Crippen molar-refractivity contribution in [2.75, 3.05) is 13.2 Å². The van der Waals surface area contributed by atoms with Gasteiger partial charge in [0.25, 0.3) is 0 Å². The maximum atomic E-state index is 6.23. The van der Waals surface area contributed by atoms with Gasteiger partial charge in [0.15, 0.2) is 0 Å². The van der Waals surface area contributed by atoms with E-state index in [2.05, 4.69) is 12.6 Å². The van der Waals surface area contributed by atoms with Gasteiger partial charge in [-0.2, -0.15) is 0 Å². The molecule has 2 saturated heterocycles. The van der Waals surface area contributed by atoms with E-state index in [1.54, 1.807) is 0 Å². The van der Waals surface area contributed by atoms with Crippen LogP contribution in [0.3, 0.4) is 0 Å². The molecule has 0 spiro atoms. The summed E-state index contributed by atoms with van der Waals surface area (Å²) in [6, 6.07) is 6.02. The van der Waals surface area contributed by atoms with E-state index < -0.39 is 0 Å². The molecule has 2 nitrogen and oxygen atoms in total. The number of ether oxygens (including phenoxy) is 2. The zero-order valence-corrected chi connectivity index (χ0v) is 14.9. The van der Waals surface area contributed by atoms with Gasteiger partial charge in [0.05, 0.1) is 28.9 Å². The van der Waals surface area contributed by atoms with Crippen LogP contribution < -0.4 is 0 Å². The van der Waals surface area contributed by atoms with Crippen molar-refractivity contribution in [2.45, 2.75) is 50.2 Å². The average molecular weight is 355 g/mol. The van der Waals surface area contributed by atoms with E-state index in [4.69, 9.17) is 32.7 Å². The second kappa shape index (κ2) is 8.02. The summed E-state index contributed by atoms with van der Waals surface area (Å²) in [5.74, 6) is 0.838. The third-order valence-corrected chi connectivity index (χ3v) is 5.77. The van der Waals surface area contributed by atoms with Crippen LogP contribution in [-0.4, -0.2) is 25.4 Å². The van der Waals surface area contributed by atoms with Crippen LogP contribution in [-0.2, 0) is 9.47 Å². The topological polar surface area (TPSA) is 18.5 Å². The van der Waals surface area contributed by atoms with Gasteiger partial charge in [-0.15, -0.1) is 6.58 Å². The van der Waals surface area contributed by atoms with E-state index in [0.29, 0.717) is 34.1 Å². The second-order valence-electron chi connectivity index (χ2n) is 6.56. The van der Waals surface area contributed by atoms with Crippen molar-refractivity contribution in [3.8, 4) is 0 Å². The first-order valence-electron chi connectivity index (χ1n) is 8.48. The summed E-state index contributed by atoms with van der Waals surface area (Å²) < 4.78 is 12.1. The van der Waals surface area contributed by atoms with Crippen molar-refractivity contribution < 1.29 is 9.47 Å². The van der Waals surface area contributed by atoms with Crippen LogP contribution in [0, 0.1) is 5.92 Å². The van der Waals surface area contributed by atoms with E-state index in [1.165, 1.54) is 5.56 Å². The molecular weight excluding hydrogens is 331 g/mol. The zero-order valence-electron chi connectivity index (χ0n) is 13.3. The lowest BCUT2D eigenvalue weighted by Crippen LogP contribution is -2.37. The van der Waals surface area contributed by atoms with Crippen LogP contribution >= 0.6 is 23.2 Å². The van der Waals surface area contributed by atoms with E-state index in [0.717, 1.165) is 45.3 Å². The SMILES string of the molecule is C=CCCCOCC1C2CCC(CC1c1ccc(Cl)c(Cl)c1)O2. The highest BCUT2D eigenvalue weighted by Gasteiger charge is 2.43. The molecule has 4 heteroatoms.